The van der Waals surface area contributed by atoms with Crippen LogP contribution in [0.2, 0.25) is 5.02 Å². The van der Waals surface area contributed by atoms with Crippen molar-refractivity contribution in [3.63, 3.8) is 0 Å². The second-order valence-electron chi connectivity index (χ2n) is 3.91. The average Bonchev–Trinajstić information content (AvgIpc) is 2.37. The summed E-state index contributed by atoms with van der Waals surface area (Å²) >= 11 is 5.75. The second-order valence-corrected chi connectivity index (χ2v) is 4.35. The van der Waals surface area contributed by atoms with Gasteiger partial charge in [-0.3, -0.25) is 9.59 Å². The summed E-state index contributed by atoms with van der Waals surface area (Å²) in [5.74, 6) is -2.25. The van der Waals surface area contributed by atoms with E-state index in [0.29, 0.717) is 5.02 Å². The van der Waals surface area contributed by atoms with Crippen LogP contribution in [-0.2, 0) is 19.7 Å². The number of rotatable bonds is 6. The fourth-order valence-electron chi connectivity index (χ4n) is 1.84. The molecule has 1 rings (SSSR count). The number of esters is 1. The Kier molecular flexibility index (Phi) is 5.32. The molecule has 1 aromatic rings. The van der Waals surface area contributed by atoms with Crippen molar-refractivity contribution in [2.45, 2.75) is 18.8 Å². The summed E-state index contributed by atoms with van der Waals surface area (Å²) in [4.78, 5) is 23.6. The standard InChI is InChI=1S/C13H15ClO5/c1-2-19-12(18)13(7-8-15,11(16)17)9-3-5-10(14)6-4-9/h3-6,15H,2,7-8H2,1H3,(H,16,17). The van der Waals surface area contributed by atoms with E-state index >= 15 is 0 Å². The van der Waals surface area contributed by atoms with Crippen LogP contribution in [0, 0.1) is 0 Å². The lowest BCUT2D eigenvalue weighted by atomic mass is 9.77. The van der Waals surface area contributed by atoms with E-state index in [1.54, 1.807) is 6.92 Å². The fourth-order valence-corrected chi connectivity index (χ4v) is 1.96. The number of carbonyl (C=O) groups excluding carboxylic acids is 1. The van der Waals surface area contributed by atoms with Gasteiger partial charge in [-0.1, -0.05) is 23.7 Å². The van der Waals surface area contributed by atoms with Gasteiger partial charge in [-0.2, -0.15) is 0 Å². The number of hydrogen-bond donors (Lipinski definition) is 2. The van der Waals surface area contributed by atoms with E-state index in [0.717, 1.165) is 0 Å². The van der Waals surface area contributed by atoms with Crippen molar-refractivity contribution in [1.82, 2.24) is 0 Å². The number of benzene rings is 1. The van der Waals surface area contributed by atoms with E-state index in [9.17, 15) is 14.7 Å². The molecule has 0 bridgehead atoms. The van der Waals surface area contributed by atoms with E-state index in [1.807, 2.05) is 0 Å². The molecule has 19 heavy (non-hydrogen) atoms. The maximum atomic E-state index is 12.0. The first-order valence-corrected chi connectivity index (χ1v) is 6.14. The highest BCUT2D eigenvalue weighted by Gasteiger charge is 2.48. The number of aliphatic hydroxyl groups is 1. The van der Waals surface area contributed by atoms with Crippen LogP contribution in [0.15, 0.2) is 24.3 Å². The molecule has 0 radical (unpaired) electrons. The number of aliphatic carboxylic acids is 1. The third-order valence-electron chi connectivity index (χ3n) is 2.81. The molecule has 1 unspecified atom stereocenters. The number of carboxylic acid groups (broad SMARTS) is 1. The van der Waals surface area contributed by atoms with Crippen LogP contribution in [0.3, 0.4) is 0 Å². The molecule has 6 heteroatoms. The van der Waals surface area contributed by atoms with Crippen LogP contribution >= 0.6 is 11.6 Å². The van der Waals surface area contributed by atoms with Crippen molar-refractivity contribution >= 4 is 23.5 Å². The van der Waals surface area contributed by atoms with Crippen molar-refractivity contribution < 1.29 is 24.5 Å². The molecule has 0 aliphatic heterocycles. The highest BCUT2D eigenvalue weighted by atomic mass is 35.5. The second kappa shape index (κ2) is 6.54. The predicted molar refractivity (Wildman–Crippen MR) is 69.1 cm³/mol. The van der Waals surface area contributed by atoms with E-state index in [2.05, 4.69) is 0 Å². The van der Waals surface area contributed by atoms with Crippen LogP contribution < -0.4 is 0 Å². The summed E-state index contributed by atoms with van der Waals surface area (Å²) in [7, 11) is 0. The van der Waals surface area contributed by atoms with E-state index in [4.69, 9.17) is 21.4 Å². The van der Waals surface area contributed by atoms with E-state index in [1.165, 1.54) is 24.3 Å². The first-order chi connectivity index (χ1) is 8.98. The molecule has 0 saturated carbocycles. The van der Waals surface area contributed by atoms with Crippen molar-refractivity contribution in [2.75, 3.05) is 13.2 Å². The van der Waals surface area contributed by atoms with Crippen molar-refractivity contribution in [2.24, 2.45) is 0 Å². The fraction of sp³-hybridized carbons (Fsp3) is 0.385. The molecule has 1 atom stereocenters. The van der Waals surface area contributed by atoms with E-state index in [-0.39, 0.29) is 18.6 Å². The SMILES string of the molecule is CCOC(=O)C(CCO)(C(=O)O)c1ccc(Cl)cc1. The van der Waals surface area contributed by atoms with Gasteiger partial charge in [0.1, 0.15) is 0 Å². The lowest BCUT2D eigenvalue weighted by molar-refractivity contribution is -0.162. The molecule has 0 amide bonds. The summed E-state index contributed by atoms with van der Waals surface area (Å²) in [6, 6.07) is 5.88. The first kappa shape index (κ1) is 15.5. The van der Waals surface area contributed by atoms with E-state index < -0.39 is 24.0 Å². The molecule has 0 fully saturated rings. The Morgan fingerprint density at radius 1 is 1.32 bits per heavy atom. The third-order valence-corrected chi connectivity index (χ3v) is 3.06. The van der Waals surface area contributed by atoms with Gasteiger partial charge >= 0.3 is 11.9 Å². The van der Waals surface area contributed by atoms with Gasteiger partial charge < -0.3 is 14.9 Å². The number of aliphatic hydroxyl groups excluding tert-OH is 1. The van der Waals surface area contributed by atoms with Crippen molar-refractivity contribution in [3.8, 4) is 0 Å². The zero-order valence-electron chi connectivity index (χ0n) is 10.4. The first-order valence-electron chi connectivity index (χ1n) is 5.76. The van der Waals surface area contributed by atoms with Crippen molar-refractivity contribution in [1.29, 1.82) is 0 Å². The molecule has 0 aromatic heterocycles. The quantitative estimate of drug-likeness (QED) is 0.613. The normalized spacial score (nSPS) is 13.6. The topological polar surface area (TPSA) is 83.8 Å². The van der Waals surface area contributed by atoms with Crippen LogP contribution in [-0.4, -0.2) is 35.4 Å². The van der Waals surface area contributed by atoms with Gasteiger partial charge in [0.15, 0.2) is 5.41 Å². The molecule has 104 valence electrons. The lowest BCUT2D eigenvalue weighted by Gasteiger charge is -2.26. The molecule has 0 aliphatic rings. The highest BCUT2D eigenvalue weighted by molar-refractivity contribution is 6.30. The molecular formula is C13H15ClO5. The summed E-state index contributed by atoms with van der Waals surface area (Å²) < 4.78 is 4.84. The van der Waals surface area contributed by atoms with Gasteiger partial charge in [0.25, 0.3) is 0 Å². The number of ether oxygens (including phenoxy) is 1. The van der Waals surface area contributed by atoms with Gasteiger partial charge in [0.2, 0.25) is 0 Å². The Labute approximate surface area is 115 Å². The van der Waals surface area contributed by atoms with Gasteiger partial charge in [-0.15, -0.1) is 0 Å². The Bertz CT molecular complexity index is 457. The molecule has 5 nitrogen and oxygen atoms in total. The zero-order chi connectivity index (χ0) is 14.5. The van der Waals surface area contributed by atoms with Crippen LogP contribution in [0.25, 0.3) is 0 Å². The number of carbonyl (C=O) groups is 2. The monoisotopic (exact) mass is 286 g/mol. The summed E-state index contributed by atoms with van der Waals surface area (Å²) in [5, 5.41) is 18.9. The number of halogens is 1. The molecular weight excluding hydrogens is 272 g/mol. The van der Waals surface area contributed by atoms with Crippen LogP contribution in [0.4, 0.5) is 0 Å². The zero-order valence-corrected chi connectivity index (χ0v) is 11.2. The summed E-state index contributed by atoms with van der Waals surface area (Å²) in [5.41, 5.74) is -1.67. The lowest BCUT2D eigenvalue weighted by Crippen LogP contribution is -2.45. The highest BCUT2D eigenvalue weighted by Crippen LogP contribution is 2.31. The van der Waals surface area contributed by atoms with Crippen LogP contribution in [0.1, 0.15) is 18.9 Å². The maximum Gasteiger partial charge on any atom is 0.328 e. The Balaban J connectivity index is 3.34. The van der Waals surface area contributed by atoms with Gasteiger partial charge in [0.05, 0.1) is 6.61 Å². The third kappa shape index (κ3) is 3.05. The molecule has 0 spiro atoms. The molecule has 1 aromatic carbocycles. The predicted octanol–water partition coefficient (Wildman–Crippen LogP) is 1.61. The summed E-state index contributed by atoms with van der Waals surface area (Å²) in [6.07, 6.45) is -0.261. The largest absolute Gasteiger partial charge is 0.480 e. The molecule has 2 N–H and O–H groups in total. The smallest absolute Gasteiger partial charge is 0.328 e. The molecule has 0 saturated heterocycles. The molecule has 0 heterocycles. The summed E-state index contributed by atoms with van der Waals surface area (Å²) in [6.45, 7) is 1.20. The van der Waals surface area contributed by atoms with Crippen molar-refractivity contribution in [3.05, 3.63) is 34.9 Å². The van der Waals surface area contributed by atoms with Gasteiger partial charge in [0, 0.05) is 18.1 Å². The average molecular weight is 287 g/mol. The minimum absolute atomic E-state index is 0.0624. The van der Waals surface area contributed by atoms with Gasteiger partial charge in [-0.25, -0.2) is 0 Å². The number of hydrogen-bond acceptors (Lipinski definition) is 4. The maximum absolute atomic E-state index is 12.0. The Morgan fingerprint density at radius 3 is 2.32 bits per heavy atom. The molecule has 0 aliphatic carbocycles. The van der Waals surface area contributed by atoms with Gasteiger partial charge in [-0.05, 0) is 24.6 Å². The Morgan fingerprint density at radius 2 is 1.89 bits per heavy atom. The van der Waals surface area contributed by atoms with Crippen LogP contribution in [0.5, 0.6) is 0 Å². The Hall–Kier alpha value is -1.59. The number of carboxylic acids is 1. The minimum atomic E-state index is -1.91. The minimum Gasteiger partial charge on any atom is -0.480 e.